The molecule has 1 saturated carbocycles. The summed E-state index contributed by atoms with van der Waals surface area (Å²) in [6.45, 7) is 35.3. The molecule has 0 aromatic heterocycles. The Hall–Kier alpha value is -5.46. The molecule has 9 rings (SSSR count). The summed E-state index contributed by atoms with van der Waals surface area (Å²) in [6, 6.07) is 55.5. The number of aryl methyl sites for hydroxylation is 12. The van der Waals surface area contributed by atoms with Crippen molar-refractivity contribution in [2.45, 2.75) is 181 Å². The second-order valence-electron chi connectivity index (χ2n) is 21.0. The average Bonchev–Trinajstić information content (AvgIpc) is 3.98. The van der Waals surface area contributed by atoms with E-state index in [1.54, 1.807) is 0 Å². The molecule has 0 saturated heterocycles. The van der Waals surface area contributed by atoms with Crippen molar-refractivity contribution in [2.24, 2.45) is 23.7 Å². The SMILES string of the molecule is CC1C=CC(C)C1.CC1CCC(C)C1.CCCc1ccccc1C.CCCc1ccccc1C.CCc1ccccc1C.CCc1ccccc1C.CCc1ccccc1C.Cc1cccc2cccc(C)c12. The number of hydrogen-bond donors (Lipinski definition) is 0. The first kappa shape index (κ1) is 63.7. The summed E-state index contributed by atoms with van der Waals surface area (Å²) in [6.07, 6.45) is 18.7. The molecule has 2 aliphatic rings. The number of hydrogen-bond acceptors (Lipinski definition) is 0. The van der Waals surface area contributed by atoms with Crippen LogP contribution in [-0.4, -0.2) is 0 Å². The highest BCUT2D eigenvalue weighted by molar-refractivity contribution is 5.88. The van der Waals surface area contributed by atoms with Gasteiger partial charge in [-0.1, -0.05) is 258 Å². The summed E-state index contributed by atoms with van der Waals surface area (Å²) in [4.78, 5) is 0. The highest BCUT2D eigenvalue weighted by Crippen LogP contribution is 2.29. The van der Waals surface area contributed by atoms with Crippen LogP contribution in [0.25, 0.3) is 10.8 Å². The molecule has 7 aromatic carbocycles. The summed E-state index contributed by atoms with van der Waals surface area (Å²) >= 11 is 0. The van der Waals surface area contributed by atoms with Crippen molar-refractivity contribution in [3.05, 3.63) is 237 Å². The number of rotatable bonds is 7. The smallest absolute Gasteiger partial charge is 0.0125 e. The van der Waals surface area contributed by atoms with E-state index in [1.807, 2.05) is 0 Å². The average molecular weight is 980 g/mol. The fraction of sp³-hybridized carbons (Fsp3) is 0.425. The van der Waals surface area contributed by atoms with E-state index in [4.69, 9.17) is 0 Å². The predicted molar refractivity (Wildman–Crippen MR) is 330 cm³/mol. The first-order chi connectivity index (χ1) is 35.1. The van der Waals surface area contributed by atoms with Crippen molar-refractivity contribution in [3.63, 3.8) is 0 Å². The Labute approximate surface area is 450 Å². The highest BCUT2D eigenvalue weighted by atomic mass is 14.2. The van der Waals surface area contributed by atoms with Gasteiger partial charge in [0.1, 0.15) is 0 Å². The van der Waals surface area contributed by atoms with E-state index in [0.29, 0.717) is 0 Å². The van der Waals surface area contributed by atoms with E-state index in [2.05, 4.69) is 281 Å². The number of fused-ring (bicyclic) bond motifs is 1. The minimum atomic E-state index is 0.843. The van der Waals surface area contributed by atoms with Crippen LogP contribution in [0.15, 0.2) is 170 Å². The molecule has 0 N–H and O–H groups in total. The third-order valence-corrected chi connectivity index (χ3v) is 14.3. The highest BCUT2D eigenvalue weighted by Gasteiger charge is 2.16. The van der Waals surface area contributed by atoms with Gasteiger partial charge in [0.05, 0.1) is 0 Å². The zero-order valence-electron chi connectivity index (χ0n) is 49.3. The molecule has 0 amide bonds. The van der Waals surface area contributed by atoms with Crippen LogP contribution in [-0.2, 0) is 32.1 Å². The maximum absolute atomic E-state index is 2.35. The molecule has 2 aliphatic carbocycles. The summed E-state index contributed by atoms with van der Waals surface area (Å²) in [5.41, 5.74) is 17.1. The first-order valence-corrected chi connectivity index (χ1v) is 28.4. The van der Waals surface area contributed by atoms with E-state index < -0.39 is 0 Å². The van der Waals surface area contributed by atoms with E-state index in [1.165, 1.54) is 129 Å². The largest absolute Gasteiger partial charge is 0.0854 e. The van der Waals surface area contributed by atoms with E-state index in [-0.39, 0.29) is 0 Å². The molecular formula is C73H102. The molecule has 0 bridgehead atoms. The lowest BCUT2D eigenvalue weighted by Gasteiger charge is -2.04. The summed E-state index contributed by atoms with van der Waals surface area (Å²) in [5, 5.41) is 2.75. The van der Waals surface area contributed by atoms with Crippen molar-refractivity contribution >= 4 is 10.8 Å². The minimum absolute atomic E-state index is 0.843. The van der Waals surface area contributed by atoms with Crippen LogP contribution in [0.3, 0.4) is 0 Å². The minimum Gasteiger partial charge on any atom is -0.0854 e. The van der Waals surface area contributed by atoms with Gasteiger partial charge in [0, 0.05) is 0 Å². The zero-order chi connectivity index (χ0) is 54.0. The van der Waals surface area contributed by atoms with Crippen molar-refractivity contribution in [1.82, 2.24) is 0 Å². The van der Waals surface area contributed by atoms with E-state index in [9.17, 15) is 0 Å². The summed E-state index contributed by atoms with van der Waals surface area (Å²) < 4.78 is 0. The Bertz CT molecular complexity index is 2340. The summed E-state index contributed by atoms with van der Waals surface area (Å²) in [5.74, 6) is 3.73. The lowest BCUT2D eigenvalue weighted by molar-refractivity contribution is 0.555. The molecule has 0 heteroatoms. The van der Waals surface area contributed by atoms with E-state index >= 15 is 0 Å². The molecule has 0 heterocycles. The fourth-order valence-electron chi connectivity index (χ4n) is 9.70. The first-order valence-electron chi connectivity index (χ1n) is 28.4. The molecule has 7 aromatic rings. The van der Waals surface area contributed by atoms with Crippen LogP contribution in [0.5, 0.6) is 0 Å². The van der Waals surface area contributed by atoms with Crippen LogP contribution in [0, 0.1) is 72.1 Å². The molecule has 1 fully saturated rings. The van der Waals surface area contributed by atoms with Crippen molar-refractivity contribution in [3.8, 4) is 0 Å². The van der Waals surface area contributed by atoms with Gasteiger partial charge in [-0.05, 0) is 195 Å². The maximum atomic E-state index is 2.35. The molecule has 4 atom stereocenters. The van der Waals surface area contributed by atoms with Gasteiger partial charge in [0.15, 0.2) is 0 Å². The molecule has 73 heavy (non-hydrogen) atoms. The second-order valence-corrected chi connectivity index (χ2v) is 21.0. The van der Waals surface area contributed by atoms with Crippen LogP contribution in [0.4, 0.5) is 0 Å². The van der Waals surface area contributed by atoms with Gasteiger partial charge in [-0.3, -0.25) is 0 Å². The zero-order valence-corrected chi connectivity index (χ0v) is 49.3. The molecule has 0 aliphatic heterocycles. The Morgan fingerprint density at radius 3 is 0.781 bits per heavy atom. The Morgan fingerprint density at radius 1 is 0.315 bits per heavy atom. The normalized spacial score (nSPS) is 15.8. The number of benzene rings is 7. The fourth-order valence-corrected chi connectivity index (χ4v) is 9.70. The Balaban J connectivity index is 0.000000287. The lowest BCUT2D eigenvalue weighted by Crippen LogP contribution is -1.86. The van der Waals surface area contributed by atoms with Crippen molar-refractivity contribution < 1.29 is 0 Å². The standard InChI is InChI=1S/C12H12.2C10H14.3C9H12.C7H14.C7H12/c1-9-5-3-7-11-8-4-6-10(2)12(9)11;2*1-3-6-10-8-5-4-7-9(10)2;3*1-3-9-7-5-4-6-8(9)2;2*1-6-3-4-7(2)5-6/h3-8H,1-2H3;2*4-5,7-8H,3,6H2,1-2H3;3*4-7H,3H2,1-2H3;6-7H,3-5H2,1-2H3;3-4,6-7H,5H2,1-2H3. The molecule has 0 radical (unpaired) electrons. The topological polar surface area (TPSA) is 0 Å². The van der Waals surface area contributed by atoms with Gasteiger partial charge in [-0.25, -0.2) is 0 Å². The van der Waals surface area contributed by atoms with Crippen molar-refractivity contribution in [1.29, 1.82) is 0 Å². The Morgan fingerprint density at radius 2 is 0.589 bits per heavy atom. The van der Waals surface area contributed by atoms with Gasteiger partial charge in [0.2, 0.25) is 0 Å². The van der Waals surface area contributed by atoms with Gasteiger partial charge in [0.25, 0.3) is 0 Å². The van der Waals surface area contributed by atoms with Crippen LogP contribution in [0.1, 0.15) is 168 Å². The third-order valence-electron chi connectivity index (χ3n) is 14.3. The van der Waals surface area contributed by atoms with E-state index in [0.717, 1.165) is 42.9 Å². The van der Waals surface area contributed by atoms with Crippen molar-refractivity contribution in [2.75, 3.05) is 0 Å². The molecular weight excluding hydrogens is 877 g/mol. The molecule has 394 valence electrons. The Kier molecular flexibility index (Phi) is 32.5. The van der Waals surface area contributed by atoms with Crippen LogP contribution in [0.2, 0.25) is 0 Å². The van der Waals surface area contributed by atoms with Crippen LogP contribution < -0.4 is 0 Å². The number of allylic oxidation sites excluding steroid dienone is 2. The monoisotopic (exact) mass is 979 g/mol. The third kappa shape index (κ3) is 25.9. The summed E-state index contributed by atoms with van der Waals surface area (Å²) in [7, 11) is 0. The van der Waals surface area contributed by atoms with Gasteiger partial charge >= 0.3 is 0 Å². The molecule has 0 nitrogen and oxygen atoms in total. The van der Waals surface area contributed by atoms with Crippen LogP contribution >= 0.6 is 0 Å². The van der Waals surface area contributed by atoms with Gasteiger partial charge in [-0.2, -0.15) is 0 Å². The lowest BCUT2D eigenvalue weighted by atomic mass is 10.0. The van der Waals surface area contributed by atoms with Gasteiger partial charge < -0.3 is 0 Å². The molecule has 0 spiro atoms. The maximum Gasteiger partial charge on any atom is -0.0125 e. The predicted octanol–water partition coefficient (Wildman–Crippen LogP) is 21.7. The quantitative estimate of drug-likeness (QED) is 0.140. The molecule has 4 unspecified atom stereocenters. The van der Waals surface area contributed by atoms with Gasteiger partial charge in [-0.15, -0.1) is 0 Å². The second kappa shape index (κ2) is 37.3.